The number of aryl methyl sites for hydroxylation is 1. The average molecular weight is 434 g/mol. The van der Waals surface area contributed by atoms with Crippen LogP contribution in [0, 0.1) is 6.92 Å². The molecule has 0 saturated carbocycles. The summed E-state index contributed by atoms with van der Waals surface area (Å²) in [5.74, 6) is -0.0771. The lowest BCUT2D eigenvalue weighted by molar-refractivity contribution is -0.121. The normalized spacial score (nSPS) is 11.8. The maximum atomic E-state index is 12.7. The van der Waals surface area contributed by atoms with Crippen LogP contribution in [-0.2, 0) is 4.79 Å². The highest BCUT2D eigenvalue weighted by molar-refractivity contribution is 5.78. The van der Waals surface area contributed by atoms with Crippen LogP contribution in [0.15, 0.2) is 27.4 Å². The Bertz CT molecular complexity index is 969. The van der Waals surface area contributed by atoms with Gasteiger partial charge in [-0.15, -0.1) is 0 Å². The van der Waals surface area contributed by atoms with E-state index >= 15 is 0 Å². The van der Waals surface area contributed by atoms with Crippen LogP contribution in [0.25, 0.3) is 0 Å². The molecule has 31 heavy (non-hydrogen) atoms. The first-order valence-electron chi connectivity index (χ1n) is 9.77. The van der Waals surface area contributed by atoms with Crippen molar-refractivity contribution >= 4 is 5.91 Å². The molecule has 1 atom stereocenters. The van der Waals surface area contributed by atoms with Crippen molar-refractivity contribution in [1.29, 1.82) is 0 Å². The van der Waals surface area contributed by atoms with E-state index in [0.29, 0.717) is 35.9 Å². The van der Waals surface area contributed by atoms with Crippen LogP contribution in [0.4, 0.5) is 0 Å². The standard InChI is InChI=1S/C22H30N2O7/c1-13-11-16(25)19(22(27)31-13)15(12-18(26)23-9-10-24(2)3)14-7-8-17(28-4)21(30-6)20(14)29-5/h7-8,11,15,25H,9-10,12H2,1-6H3,(H,23,26)/t15-/m0/s1. The van der Waals surface area contributed by atoms with Gasteiger partial charge in [0.25, 0.3) is 0 Å². The largest absolute Gasteiger partial charge is 0.507 e. The number of benzene rings is 1. The Labute approximate surface area is 181 Å². The Morgan fingerprint density at radius 2 is 1.84 bits per heavy atom. The number of nitrogens with one attached hydrogen (secondary N) is 1. The Hall–Kier alpha value is -3.20. The molecule has 2 rings (SSSR count). The smallest absolute Gasteiger partial charge is 0.343 e. The summed E-state index contributed by atoms with van der Waals surface area (Å²) < 4.78 is 21.5. The highest BCUT2D eigenvalue weighted by Gasteiger charge is 2.30. The molecule has 9 heteroatoms. The molecule has 0 bridgehead atoms. The van der Waals surface area contributed by atoms with Gasteiger partial charge in [0.2, 0.25) is 11.7 Å². The minimum Gasteiger partial charge on any atom is -0.507 e. The molecule has 0 aliphatic carbocycles. The maximum absolute atomic E-state index is 12.7. The maximum Gasteiger partial charge on any atom is 0.343 e. The summed E-state index contributed by atoms with van der Waals surface area (Å²) in [6, 6.07) is 4.68. The molecule has 1 aromatic heterocycles. The first-order valence-corrected chi connectivity index (χ1v) is 9.77. The third-order valence-electron chi connectivity index (χ3n) is 4.82. The van der Waals surface area contributed by atoms with Gasteiger partial charge >= 0.3 is 5.63 Å². The van der Waals surface area contributed by atoms with Gasteiger partial charge in [0.15, 0.2) is 11.5 Å². The number of rotatable bonds is 10. The molecule has 1 aromatic carbocycles. The number of ether oxygens (including phenoxy) is 3. The molecule has 0 radical (unpaired) electrons. The van der Waals surface area contributed by atoms with Crippen LogP contribution in [-0.4, -0.2) is 64.4 Å². The summed E-state index contributed by atoms with van der Waals surface area (Å²) in [4.78, 5) is 27.3. The molecule has 9 nitrogen and oxygen atoms in total. The van der Waals surface area contributed by atoms with E-state index in [9.17, 15) is 14.7 Å². The monoisotopic (exact) mass is 434 g/mol. The molecular formula is C22H30N2O7. The summed E-state index contributed by atoms with van der Waals surface area (Å²) in [7, 11) is 8.21. The lowest BCUT2D eigenvalue weighted by Gasteiger charge is -2.22. The van der Waals surface area contributed by atoms with Crippen molar-refractivity contribution < 1.29 is 28.5 Å². The zero-order chi connectivity index (χ0) is 23.1. The van der Waals surface area contributed by atoms with E-state index in [4.69, 9.17) is 18.6 Å². The lowest BCUT2D eigenvalue weighted by Crippen LogP contribution is -2.32. The molecule has 1 amide bonds. The highest BCUT2D eigenvalue weighted by Crippen LogP contribution is 2.45. The van der Waals surface area contributed by atoms with Gasteiger partial charge in [-0.05, 0) is 27.1 Å². The molecule has 170 valence electrons. The first kappa shape index (κ1) is 24.1. The summed E-state index contributed by atoms with van der Waals surface area (Å²) in [6.07, 6.45) is -0.110. The topological polar surface area (TPSA) is 110 Å². The number of nitrogens with zero attached hydrogens (tertiary/aromatic N) is 1. The number of likely N-dealkylation sites (N-methyl/N-ethyl adjacent to an activating group) is 1. The predicted molar refractivity (Wildman–Crippen MR) is 116 cm³/mol. The predicted octanol–water partition coefficient (Wildman–Crippen LogP) is 1.88. The number of carbonyl (C=O) groups excluding carboxylic acids is 1. The van der Waals surface area contributed by atoms with E-state index < -0.39 is 11.5 Å². The van der Waals surface area contributed by atoms with Gasteiger partial charge in [0.05, 0.1) is 26.9 Å². The zero-order valence-corrected chi connectivity index (χ0v) is 18.8. The van der Waals surface area contributed by atoms with Gasteiger partial charge in [0.1, 0.15) is 11.5 Å². The molecule has 2 N–H and O–H groups in total. The Morgan fingerprint density at radius 1 is 1.16 bits per heavy atom. The van der Waals surface area contributed by atoms with E-state index in [1.807, 2.05) is 19.0 Å². The minimum atomic E-state index is -0.842. The Balaban J connectivity index is 2.59. The van der Waals surface area contributed by atoms with Crippen molar-refractivity contribution in [3.63, 3.8) is 0 Å². The van der Waals surface area contributed by atoms with E-state index in [2.05, 4.69) is 5.32 Å². The summed E-state index contributed by atoms with van der Waals surface area (Å²) in [5, 5.41) is 13.4. The van der Waals surface area contributed by atoms with Crippen molar-refractivity contribution in [3.8, 4) is 23.0 Å². The Kier molecular flexibility index (Phi) is 8.32. The van der Waals surface area contributed by atoms with Crippen LogP contribution in [0.1, 0.15) is 29.2 Å². The molecule has 0 unspecified atom stereocenters. The third kappa shape index (κ3) is 5.69. The van der Waals surface area contributed by atoms with Gasteiger partial charge in [-0.1, -0.05) is 6.07 Å². The van der Waals surface area contributed by atoms with Crippen LogP contribution in [0.3, 0.4) is 0 Å². The van der Waals surface area contributed by atoms with Crippen molar-refractivity contribution in [2.75, 3.05) is 48.5 Å². The van der Waals surface area contributed by atoms with E-state index in [-0.39, 0.29) is 29.4 Å². The van der Waals surface area contributed by atoms with Gasteiger partial charge in [0, 0.05) is 37.1 Å². The molecule has 0 saturated heterocycles. The van der Waals surface area contributed by atoms with Crippen LogP contribution in [0.2, 0.25) is 0 Å². The van der Waals surface area contributed by atoms with Gasteiger partial charge in [-0.3, -0.25) is 4.79 Å². The molecule has 0 fully saturated rings. The van der Waals surface area contributed by atoms with Crippen molar-refractivity contribution in [2.45, 2.75) is 19.3 Å². The fraction of sp³-hybridized carbons (Fsp3) is 0.455. The van der Waals surface area contributed by atoms with Crippen LogP contribution < -0.4 is 25.2 Å². The summed E-state index contributed by atoms with van der Waals surface area (Å²) in [5.41, 5.74) is -0.270. The number of amides is 1. The van der Waals surface area contributed by atoms with Crippen LogP contribution >= 0.6 is 0 Å². The fourth-order valence-electron chi connectivity index (χ4n) is 3.37. The lowest BCUT2D eigenvalue weighted by atomic mass is 9.87. The van der Waals surface area contributed by atoms with Crippen molar-refractivity contribution in [2.24, 2.45) is 0 Å². The second kappa shape index (κ2) is 10.7. The SMILES string of the molecule is COc1ccc([C@H](CC(=O)NCCN(C)C)c2c(O)cc(C)oc2=O)c(OC)c1OC. The Morgan fingerprint density at radius 3 is 2.39 bits per heavy atom. The summed E-state index contributed by atoms with van der Waals surface area (Å²) >= 11 is 0. The molecule has 2 aromatic rings. The molecular weight excluding hydrogens is 404 g/mol. The highest BCUT2D eigenvalue weighted by atomic mass is 16.5. The molecule has 0 aliphatic heterocycles. The number of hydrogen-bond donors (Lipinski definition) is 2. The molecule has 0 spiro atoms. The average Bonchev–Trinajstić information content (AvgIpc) is 2.70. The van der Waals surface area contributed by atoms with Gasteiger partial charge in [-0.25, -0.2) is 4.79 Å². The number of carbonyl (C=O) groups is 1. The van der Waals surface area contributed by atoms with Gasteiger partial charge < -0.3 is 34.0 Å². The first-order chi connectivity index (χ1) is 14.7. The minimum absolute atomic E-state index is 0.0288. The zero-order valence-electron chi connectivity index (χ0n) is 18.8. The van der Waals surface area contributed by atoms with Crippen molar-refractivity contribution in [1.82, 2.24) is 10.2 Å². The number of aromatic hydroxyl groups is 1. The number of hydrogen-bond acceptors (Lipinski definition) is 8. The van der Waals surface area contributed by atoms with Crippen molar-refractivity contribution in [3.05, 3.63) is 45.5 Å². The number of methoxy groups -OCH3 is 3. The molecule has 0 aliphatic rings. The van der Waals surface area contributed by atoms with Crippen LogP contribution in [0.5, 0.6) is 23.0 Å². The molecule has 1 heterocycles. The van der Waals surface area contributed by atoms with E-state index in [1.54, 1.807) is 19.1 Å². The summed E-state index contributed by atoms with van der Waals surface area (Å²) in [6.45, 7) is 2.66. The second-order valence-corrected chi connectivity index (χ2v) is 7.28. The third-order valence-corrected chi connectivity index (χ3v) is 4.82. The second-order valence-electron chi connectivity index (χ2n) is 7.28. The quantitative estimate of drug-likeness (QED) is 0.583. The van der Waals surface area contributed by atoms with Gasteiger partial charge in [-0.2, -0.15) is 0 Å². The van der Waals surface area contributed by atoms with E-state index in [1.165, 1.54) is 27.4 Å². The van der Waals surface area contributed by atoms with E-state index in [0.717, 1.165) is 0 Å². The fourth-order valence-corrected chi connectivity index (χ4v) is 3.37.